The van der Waals surface area contributed by atoms with Gasteiger partial charge in [-0.25, -0.2) is 0 Å². The zero-order valence-electron chi connectivity index (χ0n) is 6.38. The van der Waals surface area contributed by atoms with Crippen LogP contribution >= 0.6 is 0 Å². The van der Waals surface area contributed by atoms with Crippen LogP contribution < -0.4 is 0 Å². The summed E-state index contributed by atoms with van der Waals surface area (Å²) in [5, 5.41) is 0. The third-order valence-corrected chi connectivity index (χ3v) is 2.30. The zero-order chi connectivity index (χ0) is 6.97. The van der Waals surface area contributed by atoms with Gasteiger partial charge in [0.2, 0.25) is 0 Å². The quantitative estimate of drug-likeness (QED) is 0.559. The van der Waals surface area contributed by atoms with Gasteiger partial charge in [0.1, 0.15) is 0 Å². The van der Waals surface area contributed by atoms with Crippen molar-refractivity contribution in [3.8, 4) is 0 Å². The predicted octanol–water partition coefficient (Wildman–Crippen LogP) is 1.92. The molecule has 2 rings (SSSR count). The average Bonchev–Trinajstić information content (AvgIpc) is 2.65. The van der Waals surface area contributed by atoms with E-state index in [9.17, 15) is 0 Å². The van der Waals surface area contributed by atoms with Crippen molar-refractivity contribution in [2.75, 3.05) is 7.05 Å². The average molecular weight is 135 g/mol. The van der Waals surface area contributed by atoms with Crippen molar-refractivity contribution < 1.29 is 0 Å². The zero-order valence-corrected chi connectivity index (χ0v) is 6.38. The van der Waals surface area contributed by atoms with Crippen LogP contribution in [0.15, 0.2) is 23.9 Å². The second kappa shape index (κ2) is 2.15. The first kappa shape index (κ1) is 6.02. The fourth-order valence-corrected chi connectivity index (χ4v) is 1.39. The van der Waals surface area contributed by atoms with Crippen molar-refractivity contribution in [2.45, 2.75) is 25.3 Å². The largest absolute Gasteiger partial charge is 0.375 e. The second-order valence-corrected chi connectivity index (χ2v) is 3.13. The Morgan fingerprint density at radius 2 is 2.30 bits per heavy atom. The maximum atomic E-state index is 2.42. The van der Waals surface area contributed by atoms with E-state index in [1.165, 1.54) is 18.5 Å². The lowest BCUT2D eigenvalue weighted by atomic mass is 10.3. The van der Waals surface area contributed by atoms with E-state index in [0.29, 0.717) is 0 Å². The van der Waals surface area contributed by atoms with Crippen LogP contribution in [-0.4, -0.2) is 18.0 Å². The highest BCUT2D eigenvalue weighted by Crippen LogP contribution is 2.30. The van der Waals surface area contributed by atoms with Gasteiger partial charge in [0.15, 0.2) is 0 Å². The summed E-state index contributed by atoms with van der Waals surface area (Å²) in [7, 11) is 2.20. The predicted molar refractivity (Wildman–Crippen MR) is 42.6 cm³/mol. The molecule has 0 spiro atoms. The van der Waals surface area contributed by atoms with Gasteiger partial charge in [0, 0.05) is 25.2 Å². The van der Waals surface area contributed by atoms with Crippen LogP contribution in [0.4, 0.5) is 0 Å². The first-order valence-electron chi connectivity index (χ1n) is 3.96. The molecule has 54 valence electrons. The van der Waals surface area contributed by atoms with Gasteiger partial charge in [-0.15, -0.1) is 0 Å². The lowest BCUT2D eigenvalue weighted by Crippen LogP contribution is -2.18. The minimum Gasteiger partial charge on any atom is -0.375 e. The molecule has 0 atom stereocenters. The SMILES string of the molecule is CN(C1=CC=CC1)C1CC1. The van der Waals surface area contributed by atoms with E-state index >= 15 is 0 Å². The molecule has 0 aromatic rings. The molecule has 0 aliphatic heterocycles. The second-order valence-electron chi connectivity index (χ2n) is 3.13. The first-order valence-corrected chi connectivity index (χ1v) is 3.96. The highest BCUT2D eigenvalue weighted by molar-refractivity contribution is 5.22. The topological polar surface area (TPSA) is 3.24 Å². The molecule has 0 unspecified atom stereocenters. The summed E-state index contributed by atoms with van der Waals surface area (Å²) in [5.41, 5.74) is 1.49. The standard InChI is InChI=1S/C9H13N/c1-10(9-6-7-9)8-4-2-3-5-8/h2-4,9H,5-7H2,1H3. The summed E-state index contributed by atoms with van der Waals surface area (Å²) in [6.07, 6.45) is 10.5. The highest BCUT2D eigenvalue weighted by atomic mass is 15.2. The Kier molecular flexibility index (Phi) is 1.30. The smallest absolute Gasteiger partial charge is 0.0285 e. The van der Waals surface area contributed by atoms with Crippen LogP contribution in [0.25, 0.3) is 0 Å². The molecule has 0 radical (unpaired) electrons. The molecule has 0 amide bonds. The summed E-state index contributed by atoms with van der Waals surface area (Å²) < 4.78 is 0. The summed E-state index contributed by atoms with van der Waals surface area (Å²) >= 11 is 0. The normalized spacial score (nSPS) is 23.1. The molecule has 0 N–H and O–H groups in total. The summed E-state index contributed by atoms with van der Waals surface area (Å²) in [6.45, 7) is 0. The summed E-state index contributed by atoms with van der Waals surface area (Å²) in [5.74, 6) is 0. The maximum absolute atomic E-state index is 2.42. The Bertz CT molecular complexity index is 187. The fraction of sp³-hybridized carbons (Fsp3) is 0.556. The van der Waals surface area contributed by atoms with Crippen LogP contribution in [0.1, 0.15) is 19.3 Å². The minimum atomic E-state index is 0.867. The number of allylic oxidation sites excluding steroid dienone is 3. The summed E-state index contributed by atoms with van der Waals surface area (Å²) in [6, 6.07) is 0.867. The Balaban J connectivity index is 1.98. The molecule has 1 fully saturated rings. The molecular weight excluding hydrogens is 122 g/mol. The molecular formula is C9H13N. The molecule has 0 heterocycles. The third-order valence-electron chi connectivity index (χ3n) is 2.30. The van der Waals surface area contributed by atoms with Gasteiger partial charge in [-0.3, -0.25) is 0 Å². The van der Waals surface area contributed by atoms with Gasteiger partial charge in [0.05, 0.1) is 0 Å². The van der Waals surface area contributed by atoms with Crippen molar-refractivity contribution in [2.24, 2.45) is 0 Å². The minimum absolute atomic E-state index is 0.867. The molecule has 0 saturated heterocycles. The van der Waals surface area contributed by atoms with E-state index in [0.717, 1.165) is 12.5 Å². The van der Waals surface area contributed by atoms with Crippen molar-refractivity contribution in [1.29, 1.82) is 0 Å². The van der Waals surface area contributed by atoms with Crippen LogP contribution in [0, 0.1) is 0 Å². The van der Waals surface area contributed by atoms with E-state index < -0.39 is 0 Å². The Labute approximate surface area is 62.0 Å². The number of rotatable bonds is 2. The van der Waals surface area contributed by atoms with E-state index in [1.807, 2.05) is 0 Å². The molecule has 0 aromatic heterocycles. The van der Waals surface area contributed by atoms with E-state index in [2.05, 4.69) is 30.2 Å². The van der Waals surface area contributed by atoms with Gasteiger partial charge in [-0.1, -0.05) is 12.2 Å². The monoisotopic (exact) mass is 135 g/mol. The van der Waals surface area contributed by atoms with E-state index in [-0.39, 0.29) is 0 Å². The number of nitrogens with zero attached hydrogens (tertiary/aromatic N) is 1. The molecule has 1 saturated carbocycles. The molecule has 0 aromatic carbocycles. The first-order chi connectivity index (χ1) is 4.88. The molecule has 2 aliphatic rings. The molecule has 1 heteroatoms. The van der Waals surface area contributed by atoms with Gasteiger partial charge < -0.3 is 4.90 Å². The van der Waals surface area contributed by atoms with Gasteiger partial charge in [-0.05, 0) is 18.9 Å². The highest BCUT2D eigenvalue weighted by Gasteiger charge is 2.27. The van der Waals surface area contributed by atoms with Crippen molar-refractivity contribution >= 4 is 0 Å². The van der Waals surface area contributed by atoms with Crippen LogP contribution in [-0.2, 0) is 0 Å². The Morgan fingerprint density at radius 3 is 2.80 bits per heavy atom. The molecule has 10 heavy (non-hydrogen) atoms. The molecule has 1 nitrogen and oxygen atoms in total. The van der Waals surface area contributed by atoms with Gasteiger partial charge in [0.25, 0.3) is 0 Å². The molecule has 2 aliphatic carbocycles. The van der Waals surface area contributed by atoms with E-state index in [4.69, 9.17) is 0 Å². The number of hydrogen-bond acceptors (Lipinski definition) is 1. The van der Waals surface area contributed by atoms with E-state index in [1.54, 1.807) is 0 Å². The lowest BCUT2D eigenvalue weighted by molar-refractivity contribution is 0.402. The fourth-order valence-electron chi connectivity index (χ4n) is 1.39. The Hall–Kier alpha value is -0.720. The van der Waals surface area contributed by atoms with Crippen molar-refractivity contribution in [3.63, 3.8) is 0 Å². The van der Waals surface area contributed by atoms with Crippen LogP contribution in [0.2, 0.25) is 0 Å². The summed E-state index contributed by atoms with van der Waals surface area (Å²) in [4.78, 5) is 2.42. The van der Waals surface area contributed by atoms with Crippen LogP contribution in [0.5, 0.6) is 0 Å². The maximum Gasteiger partial charge on any atom is 0.0285 e. The van der Waals surface area contributed by atoms with Crippen molar-refractivity contribution in [3.05, 3.63) is 23.9 Å². The van der Waals surface area contributed by atoms with Gasteiger partial charge >= 0.3 is 0 Å². The van der Waals surface area contributed by atoms with Gasteiger partial charge in [-0.2, -0.15) is 0 Å². The van der Waals surface area contributed by atoms with Crippen LogP contribution in [0.3, 0.4) is 0 Å². The third kappa shape index (κ3) is 0.962. The van der Waals surface area contributed by atoms with Crippen molar-refractivity contribution in [1.82, 2.24) is 4.90 Å². The number of hydrogen-bond donors (Lipinski definition) is 0. The molecule has 0 bridgehead atoms. The lowest BCUT2D eigenvalue weighted by Gasteiger charge is -2.19. The Morgan fingerprint density at radius 1 is 1.50 bits per heavy atom.